The molecule has 1 atom stereocenters. The predicted octanol–water partition coefficient (Wildman–Crippen LogP) is 2.97. The van der Waals surface area contributed by atoms with E-state index >= 15 is 0 Å². The molecule has 1 aromatic rings. The summed E-state index contributed by atoms with van der Waals surface area (Å²) in [6.45, 7) is 3.13. The topological polar surface area (TPSA) is 27.1 Å². The van der Waals surface area contributed by atoms with Gasteiger partial charge < -0.3 is 4.90 Å². The van der Waals surface area contributed by atoms with Crippen molar-refractivity contribution in [3.05, 3.63) is 35.4 Å². The van der Waals surface area contributed by atoms with Crippen molar-refractivity contribution in [3.63, 3.8) is 0 Å². The zero-order chi connectivity index (χ0) is 11.5. The molecule has 1 unspecified atom stereocenters. The van der Waals surface area contributed by atoms with Crippen molar-refractivity contribution >= 4 is 17.6 Å². The standard InChI is InChI=1S/C13H18N2S/c1-10(7-8-16-2)15-9-11-5-3-4-6-12(11)13(15)14/h3-6,10,14H,7-9H2,1-2H3. The first kappa shape index (κ1) is 11.5. The molecule has 0 spiro atoms. The SMILES string of the molecule is CSCCC(C)N1Cc2ccccc2C1=N. The van der Waals surface area contributed by atoms with Gasteiger partial charge in [0.25, 0.3) is 0 Å². The molecule has 1 aliphatic rings. The Morgan fingerprint density at radius 1 is 1.44 bits per heavy atom. The van der Waals surface area contributed by atoms with Crippen molar-refractivity contribution in [2.24, 2.45) is 0 Å². The van der Waals surface area contributed by atoms with E-state index < -0.39 is 0 Å². The fraction of sp³-hybridized carbons (Fsp3) is 0.462. The van der Waals surface area contributed by atoms with E-state index in [1.54, 1.807) is 0 Å². The van der Waals surface area contributed by atoms with Gasteiger partial charge in [-0.15, -0.1) is 0 Å². The van der Waals surface area contributed by atoms with Crippen LogP contribution in [0.4, 0.5) is 0 Å². The van der Waals surface area contributed by atoms with Crippen LogP contribution in [-0.4, -0.2) is 28.8 Å². The van der Waals surface area contributed by atoms with E-state index in [4.69, 9.17) is 5.41 Å². The lowest BCUT2D eigenvalue weighted by atomic mass is 10.1. The van der Waals surface area contributed by atoms with Crippen molar-refractivity contribution in [1.82, 2.24) is 4.90 Å². The van der Waals surface area contributed by atoms with Gasteiger partial charge in [0, 0.05) is 18.2 Å². The molecule has 1 aromatic carbocycles. The second kappa shape index (κ2) is 4.91. The maximum absolute atomic E-state index is 8.17. The number of hydrogen-bond acceptors (Lipinski definition) is 2. The van der Waals surface area contributed by atoms with E-state index in [-0.39, 0.29) is 0 Å². The highest BCUT2D eigenvalue weighted by atomic mass is 32.2. The van der Waals surface area contributed by atoms with Gasteiger partial charge in [-0.3, -0.25) is 5.41 Å². The molecule has 0 saturated heterocycles. The lowest BCUT2D eigenvalue weighted by Gasteiger charge is -2.25. The van der Waals surface area contributed by atoms with E-state index in [0.717, 1.165) is 18.5 Å². The van der Waals surface area contributed by atoms with Gasteiger partial charge in [-0.1, -0.05) is 24.3 Å². The average molecular weight is 234 g/mol. The Hall–Kier alpha value is -0.960. The van der Waals surface area contributed by atoms with Crippen LogP contribution < -0.4 is 0 Å². The first-order valence-corrected chi connectivity index (χ1v) is 7.06. The summed E-state index contributed by atoms with van der Waals surface area (Å²) in [6.07, 6.45) is 3.29. The first-order valence-electron chi connectivity index (χ1n) is 5.66. The van der Waals surface area contributed by atoms with E-state index in [9.17, 15) is 0 Å². The minimum atomic E-state index is 0.465. The number of nitrogens with zero attached hydrogens (tertiary/aromatic N) is 1. The molecule has 1 heterocycles. The third-order valence-electron chi connectivity index (χ3n) is 3.17. The Labute approximate surface area is 102 Å². The Balaban J connectivity index is 2.09. The maximum Gasteiger partial charge on any atom is 0.128 e. The molecule has 0 aromatic heterocycles. The fourth-order valence-corrected chi connectivity index (χ4v) is 2.70. The highest BCUT2D eigenvalue weighted by Crippen LogP contribution is 2.25. The van der Waals surface area contributed by atoms with E-state index in [2.05, 4.69) is 36.3 Å². The van der Waals surface area contributed by atoms with Crippen molar-refractivity contribution in [2.45, 2.75) is 25.9 Å². The third-order valence-corrected chi connectivity index (χ3v) is 3.82. The van der Waals surface area contributed by atoms with Crippen LogP contribution in [0.3, 0.4) is 0 Å². The van der Waals surface area contributed by atoms with Gasteiger partial charge in [0.2, 0.25) is 0 Å². The number of benzene rings is 1. The Morgan fingerprint density at radius 2 is 2.19 bits per heavy atom. The molecule has 16 heavy (non-hydrogen) atoms. The molecule has 0 fully saturated rings. The quantitative estimate of drug-likeness (QED) is 0.867. The average Bonchev–Trinajstić information content (AvgIpc) is 2.64. The number of rotatable bonds is 4. The van der Waals surface area contributed by atoms with Gasteiger partial charge in [-0.25, -0.2) is 0 Å². The van der Waals surface area contributed by atoms with Gasteiger partial charge in [-0.05, 0) is 30.9 Å². The van der Waals surface area contributed by atoms with Gasteiger partial charge in [0.05, 0.1) is 0 Å². The molecule has 86 valence electrons. The Bertz CT molecular complexity index is 389. The zero-order valence-electron chi connectivity index (χ0n) is 9.86. The molecule has 3 heteroatoms. The fourth-order valence-electron chi connectivity index (χ4n) is 2.13. The monoisotopic (exact) mass is 234 g/mol. The lowest BCUT2D eigenvalue weighted by Crippen LogP contribution is -2.33. The van der Waals surface area contributed by atoms with E-state index in [1.165, 1.54) is 11.3 Å². The summed E-state index contributed by atoms with van der Waals surface area (Å²) in [7, 11) is 0. The predicted molar refractivity (Wildman–Crippen MR) is 71.3 cm³/mol. The van der Waals surface area contributed by atoms with E-state index in [1.807, 2.05) is 17.8 Å². The van der Waals surface area contributed by atoms with Crippen LogP contribution in [0, 0.1) is 5.41 Å². The van der Waals surface area contributed by atoms with Crippen LogP contribution >= 0.6 is 11.8 Å². The summed E-state index contributed by atoms with van der Waals surface area (Å²) < 4.78 is 0. The summed E-state index contributed by atoms with van der Waals surface area (Å²) in [5.41, 5.74) is 2.40. The molecule has 0 saturated carbocycles. The highest BCUT2D eigenvalue weighted by Gasteiger charge is 2.26. The molecule has 2 nitrogen and oxygen atoms in total. The van der Waals surface area contributed by atoms with Crippen molar-refractivity contribution in [1.29, 1.82) is 5.41 Å². The van der Waals surface area contributed by atoms with Crippen molar-refractivity contribution < 1.29 is 0 Å². The van der Waals surface area contributed by atoms with Crippen LogP contribution in [0.1, 0.15) is 24.5 Å². The van der Waals surface area contributed by atoms with E-state index in [0.29, 0.717) is 11.9 Å². The number of thioether (sulfide) groups is 1. The lowest BCUT2D eigenvalue weighted by molar-refractivity contribution is 0.328. The van der Waals surface area contributed by atoms with Gasteiger partial charge >= 0.3 is 0 Å². The second-order valence-electron chi connectivity index (χ2n) is 4.26. The van der Waals surface area contributed by atoms with Crippen LogP contribution in [-0.2, 0) is 6.54 Å². The summed E-state index contributed by atoms with van der Waals surface area (Å²) in [4.78, 5) is 2.21. The molecule has 2 rings (SSSR count). The number of nitrogens with one attached hydrogen (secondary N) is 1. The van der Waals surface area contributed by atoms with Gasteiger partial charge in [0.1, 0.15) is 5.84 Å². The summed E-state index contributed by atoms with van der Waals surface area (Å²) >= 11 is 1.88. The third kappa shape index (κ3) is 2.09. The van der Waals surface area contributed by atoms with Crippen LogP contribution in [0.2, 0.25) is 0 Å². The van der Waals surface area contributed by atoms with Gasteiger partial charge in [-0.2, -0.15) is 11.8 Å². The number of amidine groups is 1. The van der Waals surface area contributed by atoms with Gasteiger partial charge in [0.15, 0.2) is 0 Å². The highest BCUT2D eigenvalue weighted by molar-refractivity contribution is 7.98. The normalized spacial score (nSPS) is 16.4. The number of hydrogen-bond donors (Lipinski definition) is 1. The maximum atomic E-state index is 8.17. The molecule has 0 amide bonds. The molecule has 0 radical (unpaired) electrons. The summed E-state index contributed by atoms with van der Waals surface area (Å²) in [6, 6.07) is 8.72. The second-order valence-corrected chi connectivity index (χ2v) is 5.25. The molecular weight excluding hydrogens is 216 g/mol. The van der Waals surface area contributed by atoms with Crippen LogP contribution in [0.5, 0.6) is 0 Å². The first-order chi connectivity index (χ1) is 7.74. The Morgan fingerprint density at radius 3 is 2.88 bits per heavy atom. The van der Waals surface area contributed by atoms with Crippen molar-refractivity contribution in [3.8, 4) is 0 Å². The number of fused-ring (bicyclic) bond motifs is 1. The Kier molecular flexibility index (Phi) is 3.54. The minimum absolute atomic E-state index is 0.465. The zero-order valence-corrected chi connectivity index (χ0v) is 10.7. The molecule has 0 aliphatic carbocycles. The largest absolute Gasteiger partial charge is 0.350 e. The van der Waals surface area contributed by atoms with Crippen molar-refractivity contribution in [2.75, 3.05) is 12.0 Å². The van der Waals surface area contributed by atoms with Crippen LogP contribution in [0.25, 0.3) is 0 Å². The van der Waals surface area contributed by atoms with Crippen LogP contribution in [0.15, 0.2) is 24.3 Å². The summed E-state index contributed by atoms with van der Waals surface area (Å²) in [5, 5.41) is 8.17. The molecule has 0 bridgehead atoms. The molecule has 1 N–H and O–H groups in total. The minimum Gasteiger partial charge on any atom is -0.350 e. The molecule has 1 aliphatic heterocycles. The summed E-state index contributed by atoms with van der Waals surface area (Å²) in [5.74, 6) is 1.87. The smallest absolute Gasteiger partial charge is 0.128 e. The molecular formula is C13H18N2S.